The highest BCUT2D eigenvalue weighted by atomic mass is 35.5. The molecule has 2 nitrogen and oxygen atoms in total. The van der Waals surface area contributed by atoms with Gasteiger partial charge in [-0.05, 0) is 43.3 Å². The van der Waals surface area contributed by atoms with E-state index in [1.54, 1.807) is 19.1 Å². The number of carbonyl (C=O) groups excluding carboxylic acids is 2. The Kier molecular flexibility index (Phi) is 6.93. The predicted molar refractivity (Wildman–Crippen MR) is 138 cm³/mol. The minimum atomic E-state index is -2.27. The number of hydrogen-bond donors (Lipinski definition) is 0. The number of allylic oxidation sites excluding steroid dienone is 2. The van der Waals surface area contributed by atoms with Gasteiger partial charge >= 0.3 is 0 Å². The monoisotopic (exact) mass is 482 g/mol. The highest BCUT2D eigenvalue weighted by Crippen LogP contribution is 2.57. The van der Waals surface area contributed by atoms with E-state index >= 15 is 0 Å². The molecule has 0 N–H and O–H groups in total. The summed E-state index contributed by atoms with van der Waals surface area (Å²) in [6, 6.07) is 38.5. The molecule has 0 atom stereocenters. The van der Waals surface area contributed by atoms with Crippen molar-refractivity contribution in [2.24, 2.45) is 0 Å². The Labute approximate surface area is 207 Å². The topological polar surface area (TPSA) is 34.1 Å². The molecule has 4 heteroatoms. The maximum Gasteiger partial charge on any atom is 0.193 e. The van der Waals surface area contributed by atoms with Crippen LogP contribution in [-0.2, 0) is 0 Å². The van der Waals surface area contributed by atoms with Gasteiger partial charge in [0.1, 0.15) is 29.3 Å². The van der Waals surface area contributed by atoms with Crippen LogP contribution in [0.15, 0.2) is 126 Å². The molecule has 4 aromatic carbocycles. The van der Waals surface area contributed by atoms with E-state index in [1.807, 2.05) is 30.3 Å². The van der Waals surface area contributed by atoms with Gasteiger partial charge in [0, 0.05) is 22.3 Å². The molecule has 0 heterocycles. The first-order chi connectivity index (χ1) is 16.1. The molecule has 0 fully saturated rings. The molecular weight excluding hydrogens is 459 g/mol. The van der Waals surface area contributed by atoms with Crippen LogP contribution < -0.4 is 28.3 Å². The Bertz CT molecular complexity index is 1270. The van der Waals surface area contributed by atoms with Crippen molar-refractivity contribution in [3.63, 3.8) is 0 Å². The van der Waals surface area contributed by atoms with E-state index in [0.717, 1.165) is 0 Å². The first-order valence-electron chi connectivity index (χ1n) is 11.1. The fraction of sp³-hybridized carbons (Fsp3) is 0.0667. The van der Waals surface area contributed by atoms with Gasteiger partial charge in [-0.3, -0.25) is 9.59 Å². The third-order valence-electron chi connectivity index (χ3n) is 6.47. The second-order valence-corrected chi connectivity index (χ2v) is 11.8. The lowest BCUT2D eigenvalue weighted by Crippen LogP contribution is -3.00. The Morgan fingerprint density at radius 3 is 1.29 bits per heavy atom. The zero-order valence-electron chi connectivity index (χ0n) is 18.8. The second kappa shape index (κ2) is 9.89. The minimum Gasteiger partial charge on any atom is -1.00 e. The lowest BCUT2D eigenvalue weighted by Gasteiger charge is -2.30. The summed E-state index contributed by atoms with van der Waals surface area (Å²) in [7, 11) is -2.27. The van der Waals surface area contributed by atoms with Gasteiger partial charge in [-0.25, -0.2) is 0 Å². The molecule has 1 aliphatic carbocycles. The highest BCUT2D eigenvalue weighted by Gasteiger charge is 2.48. The average molecular weight is 483 g/mol. The van der Waals surface area contributed by atoms with Gasteiger partial charge in [0.25, 0.3) is 0 Å². The summed E-state index contributed by atoms with van der Waals surface area (Å²) < 4.78 is 0. The number of fused-ring (bicyclic) bond motifs is 1. The molecule has 0 aromatic heterocycles. The van der Waals surface area contributed by atoms with Gasteiger partial charge in [-0.2, -0.15) is 0 Å². The normalized spacial score (nSPS) is 13.3. The molecule has 0 amide bonds. The molecule has 0 saturated carbocycles. The maximum atomic E-state index is 13.8. The van der Waals surface area contributed by atoms with Crippen molar-refractivity contribution in [1.82, 2.24) is 0 Å². The van der Waals surface area contributed by atoms with Crippen molar-refractivity contribution in [1.29, 1.82) is 0 Å². The first-order valence-corrected chi connectivity index (χ1v) is 13.0. The van der Waals surface area contributed by atoms with Crippen molar-refractivity contribution in [2.45, 2.75) is 6.92 Å². The number of benzene rings is 4. The molecule has 0 unspecified atom stereocenters. The molecule has 168 valence electrons. The number of hydrogen-bond acceptors (Lipinski definition) is 2. The van der Waals surface area contributed by atoms with Crippen LogP contribution in [0.4, 0.5) is 0 Å². The third kappa shape index (κ3) is 3.94. The fourth-order valence-electron chi connectivity index (χ4n) is 4.75. The molecule has 1 aliphatic rings. The number of rotatable bonds is 5. The van der Waals surface area contributed by atoms with E-state index in [9.17, 15) is 9.59 Å². The summed E-state index contributed by atoms with van der Waals surface area (Å²) in [6.45, 7) is 1.81. The summed E-state index contributed by atoms with van der Waals surface area (Å²) >= 11 is 0. The van der Waals surface area contributed by atoms with Crippen LogP contribution in [0.25, 0.3) is 0 Å². The van der Waals surface area contributed by atoms with E-state index in [2.05, 4.69) is 72.8 Å². The fourth-order valence-corrected chi connectivity index (χ4v) is 9.09. The van der Waals surface area contributed by atoms with Crippen LogP contribution in [0.5, 0.6) is 0 Å². The zero-order chi connectivity index (χ0) is 22.8. The van der Waals surface area contributed by atoms with E-state index < -0.39 is 7.26 Å². The van der Waals surface area contributed by atoms with Crippen LogP contribution in [0.2, 0.25) is 0 Å². The van der Waals surface area contributed by atoms with Crippen LogP contribution >= 0.6 is 7.26 Å². The molecule has 0 radical (unpaired) electrons. The first kappa shape index (κ1) is 23.8. The summed E-state index contributed by atoms with van der Waals surface area (Å²) in [5, 5.41) is 3.59. The van der Waals surface area contributed by atoms with E-state index in [4.69, 9.17) is 0 Å². The Morgan fingerprint density at radius 1 is 0.529 bits per heavy atom. The van der Waals surface area contributed by atoms with Gasteiger partial charge in [0.2, 0.25) is 0 Å². The molecule has 0 saturated heterocycles. The number of ketones is 2. The van der Waals surface area contributed by atoms with Gasteiger partial charge in [0.05, 0.1) is 0 Å². The van der Waals surface area contributed by atoms with Crippen molar-refractivity contribution < 1.29 is 22.0 Å². The van der Waals surface area contributed by atoms with Crippen LogP contribution in [-0.4, -0.2) is 17.7 Å². The van der Waals surface area contributed by atoms with E-state index in [0.29, 0.717) is 28.4 Å². The van der Waals surface area contributed by atoms with E-state index in [-0.39, 0.29) is 24.0 Å². The summed E-state index contributed by atoms with van der Waals surface area (Å²) in [5.74, 6) is -0.0812. The highest BCUT2D eigenvalue weighted by molar-refractivity contribution is 7.95. The van der Waals surface area contributed by atoms with Crippen molar-refractivity contribution >= 4 is 34.7 Å². The second-order valence-electron chi connectivity index (χ2n) is 8.28. The van der Waals surface area contributed by atoms with Crippen LogP contribution in [0, 0.1) is 0 Å². The molecule has 0 spiro atoms. The van der Waals surface area contributed by atoms with Crippen LogP contribution in [0.1, 0.15) is 27.6 Å². The quantitative estimate of drug-likeness (QED) is 0.409. The van der Waals surface area contributed by atoms with Gasteiger partial charge < -0.3 is 12.4 Å². The Morgan fingerprint density at radius 2 is 0.882 bits per heavy atom. The number of halogens is 1. The molecule has 0 bridgehead atoms. The molecule has 4 aromatic rings. The number of Topliss-reactive ketones (excluding diaryl/α,β-unsaturated/α-hetero) is 2. The lowest BCUT2D eigenvalue weighted by molar-refractivity contribution is -0.0000202. The smallest absolute Gasteiger partial charge is 0.193 e. The van der Waals surface area contributed by atoms with Crippen molar-refractivity contribution in [3.05, 3.63) is 138 Å². The van der Waals surface area contributed by atoms with Crippen LogP contribution in [0.3, 0.4) is 0 Å². The summed E-state index contributed by atoms with van der Waals surface area (Å²) in [4.78, 5) is 27.0. The van der Waals surface area contributed by atoms with E-state index in [1.165, 1.54) is 15.9 Å². The predicted octanol–water partition coefficient (Wildman–Crippen LogP) is 2.38. The Balaban J connectivity index is 0.00000274. The summed E-state index contributed by atoms with van der Waals surface area (Å²) in [6.07, 6.45) is 0.510. The third-order valence-corrected chi connectivity index (χ3v) is 10.8. The standard InChI is InChI=1S/C30H24O2P.ClH/c1-22-28(30(32)27-20-12-11-19-26(27)29(22)31)21-33(23-13-5-2-6-14-23,24-15-7-3-8-16-24)25-17-9-4-10-18-25;/h2-20H,21H2,1H3;1H/q+1;/p-1. The number of carbonyl (C=O) groups is 2. The average Bonchev–Trinajstić information content (AvgIpc) is 2.89. The Hall–Kier alpha value is -3.32. The van der Waals surface area contributed by atoms with Crippen molar-refractivity contribution in [2.75, 3.05) is 6.16 Å². The lowest BCUT2D eigenvalue weighted by atomic mass is 9.85. The van der Waals surface area contributed by atoms with Gasteiger partial charge in [-0.1, -0.05) is 78.9 Å². The maximum absolute atomic E-state index is 13.8. The SMILES string of the molecule is CC1=C(C[P+](c2ccccc2)(c2ccccc2)c2ccccc2)C(=O)c2ccccc2C1=O.[Cl-]. The van der Waals surface area contributed by atoms with Gasteiger partial charge in [0.15, 0.2) is 11.6 Å². The molecule has 5 rings (SSSR count). The largest absolute Gasteiger partial charge is 1.00 e. The summed E-state index contributed by atoms with van der Waals surface area (Å²) in [5.41, 5.74) is 2.21. The molecule has 0 aliphatic heterocycles. The molecular formula is C30H24ClO2P. The molecule has 34 heavy (non-hydrogen) atoms. The van der Waals surface area contributed by atoms with Gasteiger partial charge in [-0.15, -0.1) is 0 Å². The minimum absolute atomic E-state index is 0. The zero-order valence-corrected chi connectivity index (χ0v) is 20.5. The van der Waals surface area contributed by atoms with Crippen molar-refractivity contribution in [3.8, 4) is 0 Å².